The van der Waals surface area contributed by atoms with Gasteiger partial charge < -0.3 is 5.11 Å². The van der Waals surface area contributed by atoms with E-state index < -0.39 is 17.7 Å². The number of nitrogens with zero attached hydrogens (tertiary/aromatic N) is 4. The zero-order valence-corrected chi connectivity index (χ0v) is 11.7. The molecule has 9 heteroatoms. The Balaban J connectivity index is 2.21. The molecule has 23 heavy (non-hydrogen) atoms. The molecule has 1 N–H and O–H groups in total. The minimum atomic E-state index is -4.47. The van der Waals surface area contributed by atoms with Crippen LogP contribution in [0.25, 0.3) is 16.6 Å². The minimum Gasteiger partial charge on any atom is -0.476 e. The van der Waals surface area contributed by atoms with Crippen molar-refractivity contribution in [1.29, 1.82) is 0 Å². The lowest BCUT2D eigenvalue weighted by Crippen LogP contribution is -2.06. The zero-order valence-electron chi connectivity index (χ0n) is 11.7. The average molecular weight is 322 g/mol. The number of carbonyl (C=O) groups is 1. The third-order valence-corrected chi connectivity index (χ3v) is 3.37. The summed E-state index contributed by atoms with van der Waals surface area (Å²) in [5.41, 5.74) is -0.228. The standard InChI is InChI=1S/C14H9F3N4O2/c1-7-12(13(22)23)19-20-21(7)11-4-5-18-10-6-8(14(15,16)17)2-3-9(10)11/h2-6H,1H3,(H,22,23). The summed E-state index contributed by atoms with van der Waals surface area (Å²) in [5, 5.41) is 16.8. The Hall–Kier alpha value is -2.97. The lowest BCUT2D eigenvalue weighted by Gasteiger charge is -2.10. The molecule has 0 fully saturated rings. The zero-order chi connectivity index (χ0) is 16.8. The van der Waals surface area contributed by atoms with Gasteiger partial charge in [0.1, 0.15) is 0 Å². The van der Waals surface area contributed by atoms with E-state index in [0.29, 0.717) is 11.1 Å². The van der Waals surface area contributed by atoms with Gasteiger partial charge in [0.25, 0.3) is 0 Å². The lowest BCUT2D eigenvalue weighted by atomic mass is 10.1. The summed E-state index contributed by atoms with van der Waals surface area (Å²) in [6.45, 7) is 1.51. The Bertz CT molecular complexity index is 918. The molecule has 0 spiro atoms. The van der Waals surface area contributed by atoms with E-state index in [2.05, 4.69) is 15.3 Å². The second kappa shape index (κ2) is 5.04. The molecular weight excluding hydrogens is 313 g/mol. The number of benzene rings is 1. The second-order valence-electron chi connectivity index (χ2n) is 4.80. The Labute approximate surface area is 127 Å². The highest BCUT2D eigenvalue weighted by molar-refractivity contribution is 5.89. The topological polar surface area (TPSA) is 80.9 Å². The summed E-state index contributed by atoms with van der Waals surface area (Å²) in [7, 11) is 0. The summed E-state index contributed by atoms with van der Waals surface area (Å²) < 4.78 is 39.6. The number of fused-ring (bicyclic) bond motifs is 1. The number of rotatable bonds is 2. The Kier molecular flexibility index (Phi) is 3.28. The molecule has 0 amide bonds. The van der Waals surface area contributed by atoms with E-state index >= 15 is 0 Å². The number of aromatic carboxylic acids is 1. The van der Waals surface area contributed by atoms with Crippen LogP contribution in [0.4, 0.5) is 13.2 Å². The van der Waals surface area contributed by atoms with E-state index in [0.717, 1.165) is 12.1 Å². The third-order valence-electron chi connectivity index (χ3n) is 3.37. The monoisotopic (exact) mass is 322 g/mol. The molecule has 0 aliphatic rings. The molecule has 0 aliphatic carbocycles. The van der Waals surface area contributed by atoms with Crippen LogP contribution in [0.3, 0.4) is 0 Å². The Morgan fingerprint density at radius 1 is 1.26 bits per heavy atom. The molecule has 0 unspecified atom stereocenters. The van der Waals surface area contributed by atoms with Gasteiger partial charge in [0, 0.05) is 11.6 Å². The van der Waals surface area contributed by atoms with Crippen molar-refractivity contribution >= 4 is 16.9 Å². The largest absolute Gasteiger partial charge is 0.476 e. The predicted octanol–water partition coefficient (Wildman–Crippen LogP) is 2.84. The number of pyridine rings is 1. The number of alkyl halides is 3. The molecule has 118 valence electrons. The average Bonchev–Trinajstić information content (AvgIpc) is 2.87. The van der Waals surface area contributed by atoms with E-state index in [1.54, 1.807) is 0 Å². The number of carboxylic acid groups (broad SMARTS) is 1. The maximum Gasteiger partial charge on any atom is 0.416 e. The first kappa shape index (κ1) is 14.9. The fourth-order valence-corrected chi connectivity index (χ4v) is 2.25. The van der Waals surface area contributed by atoms with E-state index in [9.17, 15) is 18.0 Å². The normalized spacial score (nSPS) is 11.8. The maximum absolute atomic E-state index is 12.8. The van der Waals surface area contributed by atoms with Gasteiger partial charge in [-0.25, -0.2) is 9.48 Å². The van der Waals surface area contributed by atoms with Crippen molar-refractivity contribution in [3.05, 3.63) is 47.4 Å². The van der Waals surface area contributed by atoms with Crippen molar-refractivity contribution in [3.8, 4) is 5.69 Å². The summed E-state index contributed by atoms with van der Waals surface area (Å²) in [6.07, 6.45) is -3.13. The second-order valence-corrected chi connectivity index (χ2v) is 4.80. The SMILES string of the molecule is Cc1c(C(=O)O)nnn1-c1ccnc2cc(C(F)(F)F)ccc12. The van der Waals surface area contributed by atoms with Crippen LogP contribution in [-0.4, -0.2) is 31.1 Å². The molecule has 6 nitrogen and oxygen atoms in total. The van der Waals surface area contributed by atoms with Gasteiger partial charge in [0.05, 0.1) is 22.5 Å². The molecule has 3 aromatic rings. The van der Waals surface area contributed by atoms with Crippen LogP contribution in [-0.2, 0) is 6.18 Å². The molecule has 0 radical (unpaired) electrons. The molecule has 0 saturated carbocycles. The van der Waals surface area contributed by atoms with Gasteiger partial charge in [-0.05, 0) is 25.1 Å². The predicted molar refractivity (Wildman–Crippen MR) is 73.4 cm³/mol. The van der Waals surface area contributed by atoms with Crippen LogP contribution in [0.5, 0.6) is 0 Å². The number of halogens is 3. The van der Waals surface area contributed by atoms with Gasteiger partial charge in [-0.15, -0.1) is 5.10 Å². The molecule has 0 bridgehead atoms. The van der Waals surface area contributed by atoms with Crippen molar-refractivity contribution in [1.82, 2.24) is 20.0 Å². The maximum atomic E-state index is 12.8. The molecule has 2 aromatic heterocycles. The van der Waals surface area contributed by atoms with Gasteiger partial charge in [0.15, 0.2) is 5.69 Å². The van der Waals surface area contributed by atoms with Crippen LogP contribution in [0.1, 0.15) is 21.7 Å². The van der Waals surface area contributed by atoms with Crippen molar-refractivity contribution < 1.29 is 23.1 Å². The van der Waals surface area contributed by atoms with Gasteiger partial charge in [-0.3, -0.25) is 4.98 Å². The highest BCUT2D eigenvalue weighted by Crippen LogP contribution is 2.32. The summed E-state index contributed by atoms with van der Waals surface area (Å²) in [4.78, 5) is 15.0. The van der Waals surface area contributed by atoms with Gasteiger partial charge in [0.2, 0.25) is 0 Å². The van der Waals surface area contributed by atoms with Gasteiger partial charge in [-0.2, -0.15) is 13.2 Å². The van der Waals surface area contributed by atoms with Gasteiger partial charge >= 0.3 is 12.1 Å². The molecule has 1 aromatic carbocycles. The van der Waals surface area contributed by atoms with E-state index in [1.165, 1.54) is 29.9 Å². The molecule has 0 aliphatic heterocycles. The van der Waals surface area contributed by atoms with Gasteiger partial charge in [-0.1, -0.05) is 11.3 Å². The van der Waals surface area contributed by atoms with Crippen LogP contribution in [0.15, 0.2) is 30.5 Å². The highest BCUT2D eigenvalue weighted by atomic mass is 19.4. The van der Waals surface area contributed by atoms with E-state index in [-0.39, 0.29) is 16.9 Å². The Morgan fingerprint density at radius 3 is 2.61 bits per heavy atom. The van der Waals surface area contributed by atoms with E-state index in [1.807, 2.05) is 0 Å². The molecule has 2 heterocycles. The smallest absolute Gasteiger partial charge is 0.416 e. The first-order valence-electron chi connectivity index (χ1n) is 6.41. The molecule has 3 rings (SSSR count). The van der Waals surface area contributed by atoms with Crippen LogP contribution >= 0.6 is 0 Å². The van der Waals surface area contributed by atoms with Crippen molar-refractivity contribution in [2.45, 2.75) is 13.1 Å². The first-order chi connectivity index (χ1) is 10.8. The summed E-state index contributed by atoms with van der Waals surface area (Å²) in [5.74, 6) is -1.23. The van der Waals surface area contributed by atoms with Crippen LogP contribution in [0.2, 0.25) is 0 Å². The highest BCUT2D eigenvalue weighted by Gasteiger charge is 2.30. The number of aromatic nitrogens is 4. The number of hydrogen-bond acceptors (Lipinski definition) is 4. The summed E-state index contributed by atoms with van der Waals surface area (Å²) in [6, 6.07) is 4.69. The molecular formula is C14H9F3N4O2. The van der Waals surface area contributed by atoms with Crippen molar-refractivity contribution in [3.63, 3.8) is 0 Å². The first-order valence-corrected chi connectivity index (χ1v) is 6.41. The quantitative estimate of drug-likeness (QED) is 0.784. The number of carboxylic acids is 1. The Morgan fingerprint density at radius 2 is 2.00 bits per heavy atom. The fourth-order valence-electron chi connectivity index (χ4n) is 2.25. The van der Waals surface area contributed by atoms with Crippen molar-refractivity contribution in [2.24, 2.45) is 0 Å². The van der Waals surface area contributed by atoms with Crippen LogP contribution in [0, 0.1) is 6.92 Å². The van der Waals surface area contributed by atoms with Crippen molar-refractivity contribution in [2.75, 3.05) is 0 Å². The molecule has 0 atom stereocenters. The number of hydrogen-bond donors (Lipinski definition) is 1. The lowest BCUT2D eigenvalue weighted by molar-refractivity contribution is -0.137. The van der Waals surface area contributed by atoms with E-state index in [4.69, 9.17) is 5.11 Å². The molecule has 0 saturated heterocycles. The summed E-state index contributed by atoms with van der Waals surface area (Å²) >= 11 is 0. The van der Waals surface area contributed by atoms with Crippen LogP contribution < -0.4 is 0 Å². The fraction of sp³-hybridized carbons (Fsp3) is 0.143. The minimum absolute atomic E-state index is 0.129. The third kappa shape index (κ3) is 2.50.